The molecule has 3 nitrogen and oxygen atoms in total. The molecule has 0 aliphatic carbocycles. The fourth-order valence-electron chi connectivity index (χ4n) is 2.01. The predicted octanol–water partition coefficient (Wildman–Crippen LogP) is 3.21. The molecule has 1 N–H and O–H groups in total. The summed E-state index contributed by atoms with van der Waals surface area (Å²) >= 11 is 0. The Morgan fingerprint density at radius 1 is 1.05 bits per heavy atom. The van der Waals surface area contributed by atoms with Gasteiger partial charge in [0.1, 0.15) is 5.82 Å². The maximum atomic E-state index is 4.58. The normalized spacial score (nSPS) is 10.6. The molecule has 1 aromatic carbocycles. The Kier molecular flexibility index (Phi) is 5.04. The van der Waals surface area contributed by atoms with Gasteiger partial charge in [-0.1, -0.05) is 44.5 Å². The summed E-state index contributed by atoms with van der Waals surface area (Å²) in [6.07, 6.45) is 4.14. The highest BCUT2D eigenvalue weighted by Gasteiger charge is 2.02. The fraction of sp³-hybridized carbons (Fsp3) is 0.375. The van der Waals surface area contributed by atoms with Gasteiger partial charge in [-0.2, -0.15) is 0 Å². The van der Waals surface area contributed by atoms with Crippen molar-refractivity contribution < 1.29 is 0 Å². The minimum Gasteiger partial charge on any atom is -0.310 e. The van der Waals surface area contributed by atoms with Gasteiger partial charge < -0.3 is 5.32 Å². The lowest BCUT2D eigenvalue weighted by Gasteiger charge is -2.05. The summed E-state index contributed by atoms with van der Waals surface area (Å²) in [5, 5.41) is 3.24. The average molecular weight is 255 g/mol. The van der Waals surface area contributed by atoms with Crippen LogP contribution in [-0.2, 0) is 13.0 Å². The van der Waals surface area contributed by atoms with Crippen molar-refractivity contribution in [3.63, 3.8) is 0 Å². The SMILES string of the molecule is CCCc1ccc(-c2ccnc(CNCC)n2)cc1. The van der Waals surface area contributed by atoms with Crippen molar-refractivity contribution in [3.8, 4) is 11.3 Å². The smallest absolute Gasteiger partial charge is 0.142 e. The number of aromatic nitrogens is 2. The maximum Gasteiger partial charge on any atom is 0.142 e. The first-order valence-corrected chi connectivity index (χ1v) is 6.95. The van der Waals surface area contributed by atoms with Crippen LogP contribution in [0.1, 0.15) is 31.7 Å². The van der Waals surface area contributed by atoms with Crippen molar-refractivity contribution in [1.82, 2.24) is 15.3 Å². The molecule has 0 unspecified atom stereocenters. The summed E-state index contributed by atoms with van der Waals surface area (Å²) in [7, 11) is 0. The first-order valence-electron chi connectivity index (χ1n) is 6.95. The molecule has 0 aliphatic heterocycles. The van der Waals surface area contributed by atoms with Gasteiger partial charge >= 0.3 is 0 Å². The molecule has 0 fully saturated rings. The molecule has 0 amide bonds. The van der Waals surface area contributed by atoms with Crippen LogP contribution in [0.5, 0.6) is 0 Å². The van der Waals surface area contributed by atoms with Crippen LogP contribution in [-0.4, -0.2) is 16.5 Å². The van der Waals surface area contributed by atoms with Crippen LogP contribution in [0.2, 0.25) is 0 Å². The minimum absolute atomic E-state index is 0.720. The molecule has 0 saturated heterocycles. The zero-order chi connectivity index (χ0) is 13.5. The third-order valence-corrected chi connectivity index (χ3v) is 3.03. The highest BCUT2D eigenvalue weighted by Crippen LogP contribution is 2.17. The van der Waals surface area contributed by atoms with E-state index in [1.807, 2.05) is 12.3 Å². The summed E-state index contributed by atoms with van der Waals surface area (Å²) in [6, 6.07) is 10.6. The molecule has 0 saturated carbocycles. The number of nitrogens with zero attached hydrogens (tertiary/aromatic N) is 2. The van der Waals surface area contributed by atoms with Crippen LogP contribution in [0.15, 0.2) is 36.5 Å². The maximum absolute atomic E-state index is 4.58. The first-order chi connectivity index (χ1) is 9.33. The van der Waals surface area contributed by atoms with Crippen LogP contribution in [0.3, 0.4) is 0 Å². The summed E-state index contributed by atoms with van der Waals surface area (Å²) < 4.78 is 0. The largest absolute Gasteiger partial charge is 0.310 e. The van der Waals surface area contributed by atoms with Gasteiger partial charge in [0.2, 0.25) is 0 Å². The Bertz CT molecular complexity index is 506. The van der Waals surface area contributed by atoms with Crippen LogP contribution in [0, 0.1) is 0 Å². The Morgan fingerprint density at radius 2 is 1.84 bits per heavy atom. The van der Waals surface area contributed by atoms with Gasteiger partial charge in [0, 0.05) is 11.8 Å². The van der Waals surface area contributed by atoms with Crippen LogP contribution in [0.25, 0.3) is 11.3 Å². The lowest BCUT2D eigenvalue weighted by molar-refractivity contribution is 0.691. The van der Waals surface area contributed by atoms with Gasteiger partial charge in [0.15, 0.2) is 0 Å². The van der Waals surface area contributed by atoms with Crippen molar-refractivity contribution >= 4 is 0 Å². The first kappa shape index (κ1) is 13.7. The molecular weight excluding hydrogens is 234 g/mol. The van der Waals surface area contributed by atoms with E-state index in [0.29, 0.717) is 0 Å². The van der Waals surface area contributed by atoms with Gasteiger partial charge in [-0.25, -0.2) is 9.97 Å². The molecule has 3 heteroatoms. The van der Waals surface area contributed by atoms with Crippen LogP contribution in [0.4, 0.5) is 0 Å². The second-order valence-corrected chi connectivity index (χ2v) is 4.59. The molecule has 0 spiro atoms. The zero-order valence-electron chi connectivity index (χ0n) is 11.7. The van der Waals surface area contributed by atoms with Crippen molar-refractivity contribution in [3.05, 3.63) is 47.9 Å². The van der Waals surface area contributed by atoms with E-state index in [9.17, 15) is 0 Å². The molecule has 100 valence electrons. The summed E-state index contributed by atoms with van der Waals surface area (Å²) in [4.78, 5) is 8.86. The Labute approximate surface area is 115 Å². The highest BCUT2D eigenvalue weighted by atomic mass is 15.0. The standard InChI is InChI=1S/C16H21N3/c1-3-5-13-6-8-14(9-7-13)15-10-11-18-16(19-15)12-17-4-2/h6-11,17H,3-5,12H2,1-2H3. The van der Waals surface area contributed by atoms with Gasteiger partial charge in [-0.3, -0.25) is 0 Å². The van der Waals surface area contributed by atoms with Crippen LogP contribution < -0.4 is 5.32 Å². The number of nitrogens with one attached hydrogen (secondary N) is 1. The number of hydrogen-bond donors (Lipinski definition) is 1. The highest BCUT2D eigenvalue weighted by molar-refractivity contribution is 5.58. The molecular formula is C16H21N3. The number of aryl methyl sites for hydroxylation is 1. The fourth-order valence-corrected chi connectivity index (χ4v) is 2.01. The van der Waals surface area contributed by atoms with Crippen molar-refractivity contribution in [1.29, 1.82) is 0 Å². The molecule has 0 bridgehead atoms. The Balaban J connectivity index is 2.16. The molecule has 1 aromatic heterocycles. The average Bonchev–Trinajstić information content (AvgIpc) is 2.46. The van der Waals surface area contributed by atoms with Crippen molar-refractivity contribution in [2.24, 2.45) is 0 Å². The molecule has 0 atom stereocenters. The summed E-state index contributed by atoms with van der Waals surface area (Å²) in [5.41, 5.74) is 3.53. The third-order valence-electron chi connectivity index (χ3n) is 3.03. The Morgan fingerprint density at radius 3 is 2.53 bits per heavy atom. The van der Waals surface area contributed by atoms with Crippen molar-refractivity contribution in [2.75, 3.05) is 6.54 Å². The van der Waals surface area contributed by atoms with E-state index in [1.54, 1.807) is 0 Å². The monoisotopic (exact) mass is 255 g/mol. The van der Waals surface area contributed by atoms with Gasteiger partial charge in [-0.05, 0) is 24.6 Å². The summed E-state index contributed by atoms with van der Waals surface area (Å²) in [6.45, 7) is 5.93. The number of hydrogen-bond acceptors (Lipinski definition) is 3. The topological polar surface area (TPSA) is 37.8 Å². The van der Waals surface area contributed by atoms with E-state index >= 15 is 0 Å². The van der Waals surface area contributed by atoms with Gasteiger partial charge in [-0.15, -0.1) is 0 Å². The molecule has 0 aliphatic rings. The zero-order valence-corrected chi connectivity index (χ0v) is 11.7. The van der Waals surface area contributed by atoms with E-state index in [-0.39, 0.29) is 0 Å². The van der Waals surface area contributed by atoms with E-state index in [2.05, 4.69) is 53.4 Å². The third kappa shape index (κ3) is 3.86. The number of benzene rings is 1. The van der Waals surface area contributed by atoms with E-state index < -0.39 is 0 Å². The second kappa shape index (κ2) is 7.00. The molecule has 2 rings (SSSR count). The lowest BCUT2D eigenvalue weighted by atomic mass is 10.1. The van der Waals surface area contributed by atoms with E-state index in [0.717, 1.165) is 36.6 Å². The molecule has 0 radical (unpaired) electrons. The molecule has 19 heavy (non-hydrogen) atoms. The van der Waals surface area contributed by atoms with E-state index in [4.69, 9.17) is 0 Å². The van der Waals surface area contributed by atoms with Crippen LogP contribution >= 0.6 is 0 Å². The van der Waals surface area contributed by atoms with Gasteiger partial charge in [0.25, 0.3) is 0 Å². The van der Waals surface area contributed by atoms with Gasteiger partial charge in [0.05, 0.1) is 12.2 Å². The van der Waals surface area contributed by atoms with Crippen molar-refractivity contribution in [2.45, 2.75) is 33.2 Å². The summed E-state index contributed by atoms with van der Waals surface area (Å²) in [5.74, 6) is 0.844. The quantitative estimate of drug-likeness (QED) is 0.861. The minimum atomic E-state index is 0.720. The van der Waals surface area contributed by atoms with E-state index in [1.165, 1.54) is 12.0 Å². The predicted molar refractivity (Wildman–Crippen MR) is 78.8 cm³/mol. The Hall–Kier alpha value is -1.74. The second-order valence-electron chi connectivity index (χ2n) is 4.59. The molecule has 1 heterocycles. The lowest BCUT2D eigenvalue weighted by Crippen LogP contribution is -2.14. The number of rotatable bonds is 6. The molecule has 2 aromatic rings.